The molecule has 3 aromatic carbocycles. The molecule has 0 aliphatic heterocycles. The standard InChI is InChI=1S/C25H22N2O3/c1-19(26-25(29)30-18-22-11-6-3-7-12-22)24(28)27-23-14-8-13-21(17-23)16-15-20-9-4-2-5-10-20/h2-14,17,19H,18H2,1H3,(H,26,29)(H,27,28)/t19-/m0/s1. The van der Waals surface area contributed by atoms with Crippen LogP contribution in [0.1, 0.15) is 23.6 Å². The highest BCUT2D eigenvalue weighted by Crippen LogP contribution is 2.11. The first-order valence-corrected chi connectivity index (χ1v) is 9.55. The highest BCUT2D eigenvalue weighted by atomic mass is 16.5. The molecule has 0 saturated heterocycles. The summed E-state index contributed by atoms with van der Waals surface area (Å²) in [7, 11) is 0. The normalized spacial score (nSPS) is 10.8. The van der Waals surface area contributed by atoms with Gasteiger partial charge in [-0.1, -0.05) is 66.4 Å². The summed E-state index contributed by atoms with van der Waals surface area (Å²) in [5.74, 6) is 5.81. The Balaban J connectivity index is 1.52. The molecule has 5 nitrogen and oxygen atoms in total. The second-order valence-electron chi connectivity index (χ2n) is 6.61. The Morgan fingerprint density at radius 2 is 1.50 bits per heavy atom. The maximum absolute atomic E-state index is 12.4. The van der Waals surface area contributed by atoms with Crippen LogP contribution in [0.3, 0.4) is 0 Å². The molecule has 2 N–H and O–H groups in total. The predicted molar refractivity (Wildman–Crippen MR) is 117 cm³/mol. The van der Waals surface area contributed by atoms with Gasteiger partial charge in [0.25, 0.3) is 0 Å². The van der Waals surface area contributed by atoms with E-state index in [0.717, 1.165) is 16.7 Å². The number of benzene rings is 3. The smallest absolute Gasteiger partial charge is 0.408 e. The third-order valence-electron chi connectivity index (χ3n) is 4.20. The average molecular weight is 398 g/mol. The van der Waals surface area contributed by atoms with Gasteiger partial charge < -0.3 is 15.4 Å². The minimum atomic E-state index is -0.757. The van der Waals surface area contributed by atoms with Gasteiger partial charge in [-0.15, -0.1) is 0 Å². The van der Waals surface area contributed by atoms with Crippen molar-refractivity contribution in [1.29, 1.82) is 0 Å². The molecular formula is C25H22N2O3. The molecule has 0 spiro atoms. The Morgan fingerprint density at radius 3 is 2.23 bits per heavy atom. The van der Waals surface area contributed by atoms with Gasteiger partial charge >= 0.3 is 6.09 Å². The number of rotatable bonds is 5. The summed E-state index contributed by atoms with van der Waals surface area (Å²) in [4.78, 5) is 24.3. The van der Waals surface area contributed by atoms with Gasteiger partial charge in [0.2, 0.25) is 5.91 Å². The highest BCUT2D eigenvalue weighted by molar-refractivity contribution is 5.96. The number of carbonyl (C=O) groups excluding carboxylic acids is 2. The molecule has 0 radical (unpaired) electrons. The Kier molecular flexibility index (Phi) is 7.23. The minimum absolute atomic E-state index is 0.142. The molecule has 3 aromatic rings. The molecule has 0 aromatic heterocycles. The van der Waals surface area contributed by atoms with Crippen LogP contribution in [-0.2, 0) is 16.1 Å². The van der Waals surface area contributed by atoms with E-state index in [-0.39, 0.29) is 12.5 Å². The lowest BCUT2D eigenvalue weighted by Crippen LogP contribution is -2.41. The molecule has 1 atom stereocenters. The average Bonchev–Trinajstić information content (AvgIpc) is 2.78. The lowest BCUT2D eigenvalue weighted by molar-refractivity contribution is -0.117. The van der Waals surface area contributed by atoms with Gasteiger partial charge in [-0.2, -0.15) is 0 Å². The van der Waals surface area contributed by atoms with Crippen LogP contribution < -0.4 is 10.6 Å². The van der Waals surface area contributed by atoms with Crippen molar-refractivity contribution in [1.82, 2.24) is 5.32 Å². The van der Waals surface area contributed by atoms with E-state index in [0.29, 0.717) is 5.69 Å². The van der Waals surface area contributed by atoms with Gasteiger partial charge in [0.05, 0.1) is 0 Å². The van der Waals surface area contributed by atoms with Gasteiger partial charge in [0, 0.05) is 16.8 Å². The van der Waals surface area contributed by atoms with Crippen LogP contribution in [0.2, 0.25) is 0 Å². The number of ether oxygens (including phenoxy) is 1. The summed E-state index contributed by atoms with van der Waals surface area (Å²) in [5, 5.41) is 5.31. The zero-order chi connectivity index (χ0) is 21.2. The summed E-state index contributed by atoms with van der Waals surface area (Å²) in [5.41, 5.74) is 3.17. The topological polar surface area (TPSA) is 67.4 Å². The molecule has 0 unspecified atom stereocenters. The number of carbonyl (C=O) groups is 2. The maximum atomic E-state index is 12.4. The van der Waals surface area contributed by atoms with E-state index in [2.05, 4.69) is 22.5 Å². The first-order valence-electron chi connectivity index (χ1n) is 9.55. The molecule has 0 aliphatic carbocycles. The summed E-state index contributed by atoms with van der Waals surface area (Å²) in [6, 6.07) is 25.5. The molecule has 0 aliphatic rings. The second-order valence-corrected chi connectivity index (χ2v) is 6.61. The number of nitrogens with one attached hydrogen (secondary N) is 2. The van der Waals surface area contributed by atoms with Crippen LogP contribution in [0.5, 0.6) is 0 Å². The van der Waals surface area contributed by atoms with Gasteiger partial charge in [-0.25, -0.2) is 4.79 Å². The fraction of sp³-hybridized carbons (Fsp3) is 0.120. The van der Waals surface area contributed by atoms with Crippen molar-refractivity contribution in [3.63, 3.8) is 0 Å². The molecule has 150 valence electrons. The number of alkyl carbamates (subject to hydrolysis) is 1. The van der Waals surface area contributed by atoms with E-state index >= 15 is 0 Å². The Morgan fingerprint density at radius 1 is 0.867 bits per heavy atom. The number of hydrogen-bond donors (Lipinski definition) is 2. The Hall–Kier alpha value is -4.04. The fourth-order valence-electron chi connectivity index (χ4n) is 2.60. The minimum Gasteiger partial charge on any atom is -0.445 e. The molecule has 0 heterocycles. The predicted octanol–water partition coefficient (Wildman–Crippen LogP) is 4.34. The summed E-state index contributed by atoms with van der Waals surface area (Å²) in [6.07, 6.45) is -0.649. The first-order chi connectivity index (χ1) is 14.6. The first kappa shape index (κ1) is 20.7. The fourth-order valence-corrected chi connectivity index (χ4v) is 2.60. The van der Waals surface area contributed by atoms with Crippen molar-refractivity contribution in [2.75, 3.05) is 5.32 Å². The van der Waals surface area contributed by atoms with E-state index < -0.39 is 12.1 Å². The number of hydrogen-bond acceptors (Lipinski definition) is 3. The monoisotopic (exact) mass is 398 g/mol. The van der Waals surface area contributed by atoms with Gasteiger partial charge in [0.1, 0.15) is 12.6 Å². The Labute approximate surface area is 176 Å². The SMILES string of the molecule is C[C@H](NC(=O)OCc1ccccc1)C(=O)Nc1cccc(C#Cc2ccccc2)c1. The molecule has 0 saturated carbocycles. The van der Waals surface area contributed by atoms with E-state index in [1.165, 1.54) is 0 Å². The summed E-state index contributed by atoms with van der Waals surface area (Å²) in [6.45, 7) is 1.74. The van der Waals surface area contributed by atoms with Crippen molar-refractivity contribution >= 4 is 17.7 Å². The van der Waals surface area contributed by atoms with Crippen molar-refractivity contribution in [3.05, 3.63) is 102 Å². The van der Waals surface area contributed by atoms with E-state index in [1.54, 1.807) is 19.1 Å². The van der Waals surface area contributed by atoms with Crippen molar-refractivity contribution in [3.8, 4) is 11.8 Å². The third kappa shape index (κ3) is 6.54. The lowest BCUT2D eigenvalue weighted by Gasteiger charge is -2.14. The van der Waals surface area contributed by atoms with Gasteiger partial charge in [0.15, 0.2) is 0 Å². The van der Waals surface area contributed by atoms with Gasteiger partial charge in [-0.3, -0.25) is 4.79 Å². The van der Waals surface area contributed by atoms with Gasteiger partial charge in [-0.05, 0) is 42.8 Å². The molecular weight excluding hydrogens is 376 g/mol. The zero-order valence-electron chi connectivity index (χ0n) is 16.6. The summed E-state index contributed by atoms with van der Waals surface area (Å²) >= 11 is 0. The highest BCUT2D eigenvalue weighted by Gasteiger charge is 2.16. The van der Waals surface area contributed by atoms with E-state index in [9.17, 15) is 9.59 Å². The van der Waals surface area contributed by atoms with E-state index in [1.807, 2.05) is 72.8 Å². The molecule has 2 amide bonds. The quantitative estimate of drug-likeness (QED) is 0.628. The third-order valence-corrected chi connectivity index (χ3v) is 4.20. The van der Waals surface area contributed by atoms with Crippen LogP contribution in [-0.4, -0.2) is 18.0 Å². The largest absolute Gasteiger partial charge is 0.445 e. The van der Waals surface area contributed by atoms with Crippen LogP contribution in [0.4, 0.5) is 10.5 Å². The molecule has 5 heteroatoms. The molecule has 0 fully saturated rings. The van der Waals surface area contributed by atoms with E-state index in [4.69, 9.17) is 4.74 Å². The lowest BCUT2D eigenvalue weighted by atomic mass is 10.1. The maximum Gasteiger partial charge on any atom is 0.408 e. The van der Waals surface area contributed by atoms with Crippen LogP contribution in [0.15, 0.2) is 84.9 Å². The van der Waals surface area contributed by atoms with Crippen molar-refractivity contribution < 1.29 is 14.3 Å². The zero-order valence-corrected chi connectivity index (χ0v) is 16.6. The second kappa shape index (κ2) is 10.5. The Bertz CT molecular complexity index is 1050. The van der Waals surface area contributed by atoms with Crippen LogP contribution >= 0.6 is 0 Å². The molecule has 0 bridgehead atoms. The number of amides is 2. The molecule has 30 heavy (non-hydrogen) atoms. The summed E-state index contributed by atoms with van der Waals surface area (Å²) < 4.78 is 5.14. The molecule has 3 rings (SSSR count). The van der Waals surface area contributed by atoms with Crippen molar-refractivity contribution in [2.24, 2.45) is 0 Å². The van der Waals surface area contributed by atoms with Crippen LogP contribution in [0.25, 0.3) is 0 Å². The number of anilines is 1. The van der Waals surface area contributed by atoms with Crippen molar-refractivity contribution in [2.45, 2.75) is 19.6 Å². The van der Waals surface area contributed by atoms with Crippen LogP contribution in [0, 0.1) is 11.8 Å².